The molecular formula is C16H28N4. The lowest BCUT2D eigenvalue weighted by Gasteiger charge is -2.32. The van der Waals surface area contributed by atoms with Gasteiger partial charge in [-0.2, -0.15) is 0 Å². The minimum absolute atomic E-state index is 0.960. The van der Waals surface area contributed by atoms with Crippen LogP contribution in [0.2, 0.25) is 0 Å². The fourth-order valence-corrected chi connectivity index (χ4v) is 2.45. The second-order valence-corrected chi connectivity index (χ2v) is 5.88. The highest BCUT2D eigenvalue weighted by atomic mass is 15.2. The van der Waals surface area contributed by atoms with Crippen molar-refractivity contribution in [1.82, 2.24) is 15.1 Å². The summed E-state index contributed by atoms with van der Waals surface area (Å²) in [5.41, 5.74) is 2.61. The Hall–Kier alpha value is -1.10. The van der Waals surface area contributed by atoms with Crippen molar-refractivity contribution in [2.75, 3.05) is 65.3 Å². The van der Waals surface area contributed by atoms with Crippen LogP contribution in [-0.2, 0) is 6.54 Å². The summed E-state index contributed by atoms with van der Waals surface area (Å²) in [6, 6.07) is 8.77. The Morgan fingerprint density at radius 3 is 2.30 bits per heavy atom. The number of rotatable bonds is 6. The van der Waals surface area contributed by atoms with Gasteiger partial charge < -0.3 is 15.1 Å². The lowest BCUT2D eigenvalue weighted by Crippen LogP contribution is -2.46. The van der Waals surface area contributed by atoms with Gasteiger partial charge in [0.25, 0.3) is 0 Å². The largest absolute Gasteiger partial charge is 0.378 e. The molecule has 0 amide bonds. The van der Waals surface area contributed by atoms with Crippen LogP contribution in [0.15, 0.2) is 24.3 Å². The number of anilines is 1. The minimum atomic E-state index is 0.960. The van der Waals surface area contributed by atoms with E-state index in [9.17, 15) is 0 Å². The van der Waals surface area contributed by atoms with Crippen molar-refractivity contribution in [2.45, 2.75) is 6.54 Å². The monoisotopic (exact) mass is 276 g/mol. The summed E-state index contributed by atoms with van der Waals surface area (Å²) in [5.74, 6) is 0. The van der Waals surface area contributed by atoms with Crippen LogP contribution in [0.3, 0.4) is 0 Å². The van der Waals surface area contributed by atoms with Crippen LogP contribution in [0, 0.1) is 0 Å². The van der Waals surface area contributed by atoms with Gasteiger partial charge in [0.05, 0.1) is 0 Å². The summed E-state index contributed by atoms with van der Waals surface area (Å²) in [5, 5.41) is 3.54. The van der Waals surface area contributed by atoms with E-state index in [-0.39, 0.29) is 0 Å². The molecule has 0 spiro atoms. The number of likely N-dealkylation sites (N-methyl/N-ethyl adjacent to an activating group) is 1. The lowest BCUT2D eigenvalue weighted by atomic mass is 10.2. The van der Waals surface area contributed by atoms with Crippen LogP contribution in [0.25, 0.3) is 0 Å². The molecule has 0 radical (unpaired) electrons. The van der Waals surface area contributed by atoms with Crippen molar-refractivity contribution in [3.05, 3.63) is 29.8 Å². The molecule has 1 saturated heterocycles. The van der Waals surface area contributed by atoms with Gasteiger partial charge in [-0.1, -0.05) is 12.1 Å². The van der Waals surface area contributed by atoms with Crippen LogP contribution in [-0.4, -0.2) is 70.2 Å². The Kier molecular flexibility index (Phi) is 5.83. The van der Waals surface area contributed by atoms with Gasteiger partial charge in [0.1, 0.15) is 0 Å². The van der Waals surface area contributed by atoms with E-state index in [0.29, 0.717) is 0 Å². The average molecular weight is 276 g/mol. The molecule has 4 heteroatoms. The third kappa shape index (κ3) is 4.78. The molecular weight excluding hydrogens is 248 g/mol. The standard InChI is InChI=1S/C16H28N4/c1-18(2)16-6-4-15(5-7-16)14-17-8-9-20-12-10-19(3)11-13-20/h4-7,17H,8-14H2,1-3H3. The molecule has 0 aliphatic carbocycles. The van der Waals surface area contributed by atoms with E-state index in [1.165, 1.54) is 37.4 Å². The molecule has 0 bridgehead atoms. The molecule has 0 atom stereocenters. The lowest BCUT2D eigenvalue weighted by molar-refractivity contribution is 0.154. The molecule has 1 fully saturated rings. The van der Waals surface area contributed by atoms with Gasteiger partial charge in [-0.15, -0.1) is 0 Å². The Morgan fingerprint density at radius 1 is 1.05 bits per heavy atom. The second kappa shape index (κ2) is 7.62. The highest BCUT2D eigenvalue weighted by molar-refractivity contribution is 5.45. The van der Waals surface area contributed by atoms with Crippen molar-refractivity contribution in [2.24, 2.45) is 0 Å². The Labute approximate surface area is 123 Å². The number of hydrogen-bond acceptors (Lipinski definition) is 4. The molecule has 2 rings (SSSR count). The zero-order valence-corrected chi connectivity index (χ0v) is 13.1. The van der Waals surface area contributed by atoms with Crippen molar-refractivity contribution in [3.8, 4) is 0 Å². The second-order valence-electron chi connectivity index (χ2n) is 5.88. The quantitative estimate of drug-likeness (QED) is 0.785. The first kappa shape index (κ1) is 15.3. The van der Waals surface area contributed by atoms with Crippen LogP contribution in [0.1, 0.15) is 5.56 Å². The minimum Gasteiger partial charge on any atom is -0.378 e. The maximum Gasteiger partial charge on any atom is 0.0361 e. The highest BCUT2D eigenvalue weighted by Crippen LogP contribution is 2.11. The van der Waals surface area contributed by atoms with E-state index >= 15 is 0 Å². The van der Waals surface area contributed by atoms with Gasteiger partial charge in [-0.05, 0) is 24.7 Å². The van der Waals surface area contributed by atoms with E-state index in [2.05, 4.69) is 65.4 Å². The number of hydrogen-bond donors (Lipinski definition) is 1. The molecule has 112 valence electrons. The van der Waals surface area contributed by atoms with Crippen LogP contribution in [0.4, 0.5) is 5.69 Å². The fraction of sp³-hybridized carbons (Fsp3) is 0.625. The molecule has 1 aromatic carbocycles. The van der Waals surface area contributed by atoms with Crippen LogP contribution >= 0.6 is 0 Å². The molecule has 1 aliphatic rings. The van der Waals surface area contributed by atoms with Gasteiger partial charge >= 0.3 is 0 Å². The van der Waals surface area contributed by atoms with Gasteiger partial charge in [-0.3, -0.25) is 4.90 Å². The Balaban J connectivity index is 1.63. The smallest absolute Gasteiger partial charge is 0.0361 e. The molecule has 20 heavy (non-hydrogen) atoms. The summed E-state index contributed by atoms with van der Waals surface area (Å²) >= 11 is 0. The van der Waals surface area contributed by atoms with Gasteiger partial charge in [0, 0.05) is 65.6 Å². The molecule has 0 saturated carbocycles. The average Bonchev–Trinajstić information content (AvgIpc) is 2.46. The zero-order chi connectivity index (χ0) is 14.4. The SMILES string of the molecule is CN1CCN(CCNCc2ccc(N(C)C)cc2)CC1. The van der Waals surface area contributed by atoms with Gasteiger partial charge in [0.15, 0.2) is 0 Å². The third-order valence-electron chi connectivity index (χ3n) is 3.98. The fourth-order valence-electron chi connectivity index (χ4n) is 2.45. The topological polar surface area (TPSA) is 21.8 Å². The maximum atomic E-state index is 3.54. The number of piperazine rings is 1. The zero-order valence-electron chi connectivity index (χ0n) is 13.1. The van der Waals surface area contributed by atoms with Gasteiger partial charge in [0.2, 0.25) is 0 Å². The van der Waals surface area contributed by atoms with E-state index in [0.717, 1.165) is 19.6 Å². The van der Waals surface area contributed by atoms with E-state index in [1.807, 2.05) is 0 Å². The number of nitrogens with zero attached hydrogens (tertiary/aromatic N) is 3. The molecule has 0 aromatic heterocycles. The summed E-state index contributed by atoms with van der Waals surface area (Å²) in [4.78, 5) is 7.07. The van der Waals surface area contributed by atoms with Crippen molar-refractivity contribution >= 4 is 5.69 Å². The molecule has 1 aliphatic heterocycles. The van der Waals surface area contributed by atoms with Crippen molar-refractivity contribution in [3.63, 3.8) is 0 Å². The number of benzene rings is 1. The molecule has 1 aromatic rings. The normalized spacial score (nSPS) is 17.4. The van der Waals surface area contributed by atoms with Crippen LogP contribution < -0.4 is 10.2 Å². The summed E-state index contributed by atoms with van der Waals surface area (Å²) in [6.45, 7) is 7.99. The molecule has 4 nitrogen and oxygen atoms in total. The molecule has 1 heterocycles. The van der Waals surface area contributed by atoms with Crippen molar-refractivity contribution < 1.29 is 0 Å². The maximum absolute atomic E-state index is 3.54. The summed E-state index contributed by atoms with van der Waals surface area (Å²) in [7, 11) is 6.35. The number of nitrogens with one attached hydrogen (secondary N) is 1. The van der Waals surface area contributed by atoms with Crippen LogP contribution in [0.5, 0.6) is 0 Å². The van der Waals surface area contributed by atoms with E-state index in [4.69, 9.17) is 0 Å². The summed E-state index contributed by atoms with van der Waals surface area (Å²) in [6.07, 6.45) is 0. The predicted molar refractivity (Wildman–Crippen MR) is 86.4 cm³/mol. The van der Waals surface area contributed by atoms with E-state index in [1.54, 1.807) is 0 Å². The Bertz CT molecular complexity index is 380. The Morgan fingerprint density at radius 2 is 1.70 bits per heavy atom. The summed E-state index contributed by atoms with van der Waals surface area (Å²) < 4.78 is 0. The highest BCUT2D eigenvalue weighted by Gasteiger charge is 2.12. The molecule has 0 unspecified atom stereocenters. The first-order valence-electron chi connectivity index (χ1n) is 7.53. The predicted octanol–water partition coefficient (Wildman–Crippen LogP) is 1.09. The van der Waals surface area contributed by atoms with E-state index < -0.39 is 0 Å². The third-order valence-corrected chi connectivity index (χ3v) is 3.98. The van der Waals surface area contributed by atoms with Crippen molar-refractivity contribution in [1.29, 1.82) is 0 Å². The molecule has 1 N–H and O–H groups in total. The van der Waals surface area contributed by atoms with Gasteiger partial charge in [-0.25, -0.2) is 0 Å². The first-order chi connectivity index (χ1) is 9.65. The first-order valence-corrected chi connectivity index (χ1v) is 7.53.